The van der Waals surface area contributed by atoms with Crippen molar-refractivity contribution in [2.75, 3.05) is 24.7 Å². The molecule has 102 valence electrons. The van der Waals surface area contributed by atoms with Gasteiger partial charge in [-0.05, 0) is 19.4 Å². The predicted molar refractivity (Wildman–Crippen MR) is 72.3 cm³/mol. The number of nitrogens with zero attached hydrogens (tertiary/aromatic N) is 1. The molecule has 0 spiro atoms. The number of carbonyl (C=O) groups excluding carboxylic acids is 2. The highest BCUT2D eigenvalue weighted by Crippen LogP contribution is 2.22. The van der Waals surface area contributed by atoms with Crippen LogP contribution in [0.25, 0.3) is 0 Å². The molecule has 2 saturated heterocycles. The summed E-state index contributed by atoms with van der Waals surface area (Å²) in [6.07, 6.45) is 2.59. The van der Waals surface area contributed by atoms with Crippen LogP contribution in [0.4, 0.5) is 0 Å². The van der Waals surface area contributed by atoms with Crippen molar-refractivity contribution in [3.63, 3.8) is 0 Å². The van der Waals surface area contributed by atoms with Crippen LogP contribution in [0.1, 0.15) is 26.2 Å². The highest BCUT2D eigenvalue weighted by atomic mass is 32.2. The fourth-order valence-electron chi connectivity index (χ4n) is 2.38. The van der Waals surface area contributed by atoms with Crippen molar-refractivity contribution >= 4 is 23.6 Å². The van der Waals surface area contributed by atoms with E-state index < -0.39 is 0 Å². The first-order valence-electron chi connectivity index (χ1n) is 6.60. The SMILES string of the molecule is CCC(=O)N1CSCC1C(=O)N[C@H]1CCCNC1. The zero-order valence-corrected chi connectivity index (χ0v) is 11.6. The van der Waals surface area contributed by atoms with Gasteiger partial charge in [0.1, 0.15) is 6.04 Å². The molecule has 2 heterocycles. The lowest BCUT2D eigenvalue weighted by Gasteiger charge is -2.28. The van der Waals surface area contributed by atoms with Crippen molar-refractivity contribution in [2.45, 2.75) is 38.3 Å². The number of hydrogen-bond donors (Lipinski definition) is 2. The molecular formula is C12H21N3O2S. The lowest BCUT2D eigenvalue weighted by molar-refractivity contribution is -0.138. The summed E-state index contributed by atoms with van der Waals surface area (Å²) in [6.45, 7) is 3.71. The minimum absolute atomic E-state index is 0.00972. The molecule has 2 aliphatic heterocycles. The number of nitrogens with one attached hydrogen (secondary N) is 2. The largest absolute Gasteiger partial charge is 0.350 e. The molecule has 0 radical (unpaired) electrons. The molecule has 0 aromatic carbocycles. The number of piperidine rings is 1. The highest BCUT2D eigenvalue weighted by molar-refractivity contribution is 7.99. The average molecular weight is 271 g/mol. The van der Waals surface area contributed by atoms with Crippen LogP contribution in [0, 0.1) is 0 Å². The summed E-state index contributed by atoms with van der Waals surface area (Å²) in [7, 11) is 0. The third-order valence-electron chi connectivity index (χ3n) is 3.45. The van der Waals surface area contributed by atoms with Gasteiger partial charge >= 0.3 is 0 Å². The first kappa shape index (κ1) is 13.7. The van der Waals surface area contributed by atoms with Gasteiger partial charge in [-0.25, -0.2) is 0 Å². The Hall–Kier alpha value is -0.750. The van der Waals surface area contributed by atoms with Crippen LogP contribution in [0.5, 0.6) is 0 Å². The summed E-state index contributed by atoms with van der Waals surface area (Å²) in [5, 5.41) is 6.34. The summed E-state index contributed by atoms with van der Waals surface area (Å²) in [5.74, 6) is 1.45. The maximum Gasteiger partial charge on any atom is 0.243 e. The van der Waals surface area contributed by atoms with Gasteiger partial charge in [-0.15, -0.1) is 11.8 Å². The van der Waals surface area contributed by atoms with Crippen molar-refractivity contribution in [3.8, 4) is 0 Å². The zero-order chi connectivity index (χ0) is 13.0. The molecule has 6 heteroatoms. The number of thioether (sulfide) groups is 1. The van der Waals surface area contributed by atoms with Gasteiger partial charge in [0.05, 0.1) is 5.88 Å². The van der Waals surface area contributed by atoms with E-state index in [2.05, 4.69) is 10.6 Å². The van der Waals surface area contributed by atoms with E-state index in [0.29, 0.717) is 12.3 Å². The van der Waals surface area contributed by atoms with Crippen LogP contribution in [0.3, 0.4) is 0 Å². The van der Waals surface area contributed by atoms with Crippen LogP contribution in [0.15, 0.2) is 0 Å². The van der Waals surface area contributed by atoms with Gasteiger partial charge in [0.2, 0.25) is 11.8 Å². The molecule has 2 amide bonds. The average Bonchev–Trinajstić information content (AvgIpc) is 2.88. The minimum Gasteiger partial charge on any atom is -0.350 e. The minimum atomic E-state index is -0.274. The third kappa shape index (κ3) is 3.17. The smallest absolute Gasteiger partial charge is 0.243 e. The number of hydrogen-bond acceptors (Lipinski definition) is 4. The summed E-state index contributed by atoms with van der Waals surface area (Å²) in [6, 6.07) is -0.0557. The van der Waals surface area contributed by atoms with Crippen LogP contribution in [-0.2, 0) is 9.59 Å². The van der Waals surface area contributed by atoms with E-state index in [9.17, 15) is 9.59 Å². The molecule has 0 aromatic rings. The van der Waals surface area contributed by atoms with Crippen molar-refractivity contribution in [1.29, 1.82) is 0 Å². The third-order valence-corrected chi connectivity index (χ3v) is 4.46. The quantitative estimate of drug-likeness (QED) is 0.768. The predicted octanol–water partition coefficient (Wildman–Crippen LogP) is 0.166. The van der Waals surface area contributed by atoms with Crippen molar-refractivity contribution in [2.24, 2.45) is 0 Å². The van der Waals surface area contributed by atoms with E-state index in [1.807, 2.05) is 6.92 Å². The van der Waals surface area contributed by atoms with Gasteiger partial charge in [0, 0.05) is 24.8 Å². The topological polar surface area (TPSA) is 61.4 Å². The summed E-state index contributed by atoms with van der Waals surface area (Å²) in [5.41, 5.74) is 0. The molecule has 1 unspecified atom stereocenters. The Morgan fingerprint density at radius 3 is 3.00 bits per heavy atom. The summed E-state index contributed by atoms with van der Waals surface area (Å²) < 4.78 is 0. The second-order valence-corrected chi connectivity index (χ2v) is 5.78. The molecule has 0 bridgehead atoms. The van der Waals surface area contributed by atoms with Crippen molar-refractivity contribution < 1.29 is 9.59 Å². The van der Waals surface area contributed by atoms with E-state index >= 15 is 0 Å². The second-order valence-electron chi connectivity index (χ2n) is 4.78. The molecular weight excluding hydrogens is 250 g/mol. The standard InChI is InChI=1S/C12H21N3O2S/c1-2-11(16)15-8-18-7-10(15)12(17)14-9-4-3-5-13-6-9/h9-10,13H,2-8H2,1H3,(H,14,17)/t9-,10?/m0/s1. The monoisotopic (exact) mass is 271 g/mol. The van der Waals surface area contributed by atoms with Crippen molar-refractivity contribution in [1.82, 2.24) is 15.5 Å². The molecule has 2 aliphatic rings. The Labute approximate surface area is 112 Å². The van der Waals surface area contributed by atoms with Gasteiger partial charge in [-0.3, -0.25) is 9.59 Å². The number of carbonyl (C=O) groups is 2. The molecule has 18 heavy (non-hydrogen) atoms. The Morgan fingerprint density at radius 1 is 1.50 bits per heavy atom. The lowest BCUT2D eigenvalue weighted by Crippen LogP contribution is -2.53. The molecule has 5 nitrogen and oxygen atoms in total. The van der Waals surface area contributed by atoms with Gasteiger partial charge in [-0.1, -0.05) is 6.92 Å². The van der Waals surface area contributed by atoms with Crippen LogP contribution in [0.2, 0.25) is 0 Å². The molecule has 0 aromatic heterocycles. The van der Waals surface area contributed by atoms with E-state index in [-0.39, 0.29) is 23.9 Å². The van der Waals surface area contributed by atoms with E-state index in [0.717, 1.165) is 31.7 Å². The molecule has 2 atom stereocenters. The van der Waals surface area contributed by atoms with Crippen LogP contribution in [-0.4, -0.2) is 53.5 Å². The maximum atomic E-state index is 12.2. The van der Waals surface area contributed by atoms with E-state index in [1.54, 1.807) is 16.7 Å². The van der Waals surface area contributed by atoms with Gasteiger partial charge in [0.25, 0.3) is 0 Å². The van der Waals surface area contributed by atoms with Crippen LogP contribution < -0.4 is 10.6 Å². The Bertz CT molecular complexity index is 318. The lowest BCUT2D eigenvalue weighted by atomic mass is 10.1. The number of rotatable bonds is 3. The van der Waals surface area contributed by atoms with Crippen LogP contribution >= 0.6 is 11.8 Å². The van der Waals surface area contributed by atoms with Gasteiger partial charge in [0.15, 0.2) is 0 Å². The van der Waals surface area contributed by atoms with Crippen molar-refractivity contribution in [3.05, 3.63) is 0 Å². The maximum absolute atomic E-state index is 12.2. The first-order valence-corrected chi connectivity index (χ1v) is 7.76. The highest BCUT2D eigenvalue weighted by Gasteiger charge is 2.34. The molecule has 0 saturated carbocycles. The number of amides is 2. The second kappa shape index (κ2) is 6.43. The van der Waals surface area contributed by atoms with E-state index in [4.69, 9.17) is 0 Å². The fourth-order valence-corrected chi connectivity index (χ4v) is 3.56. The summed E-state index contributed by atoms with van der Waals surface area (Å²) in [4.78, 5) is 25.6. The molecule has 2 fully saturated rings. The zero-order valence-electron chi connectivity index (χ0n) is 10.8. The molecule has 0 aliphatic carbocycles. The Morgan fingerprint density at radius 2 is 2.33 bits per heavy atom. The fraction of sp³-hybridized carbons (Fsp3) is 0.833. The Kier molecular flexibility index (Phi) is 4.88. The van der Waals surface area contributed by atoms with E-state index in [1.165, 1.54) is 0 Å². The van der Waals surface area contributed by atoms with Gasteiger partial charge < -0.3 is 15.5 Å². The van der Waals surface area contributed by atoms with Gasteiger partial charge in [-0.2, -0.15) is 0 Å². The summed E-state index contributed by atoms with van der Waals surface area (Å²) >= 11 is 1.65. The normalized spacial score (nSPS) is 28.2. The first-order chi connectivity index (χ1) is 8.72. The molecule has 2 rings (SSSR count). The molecule has 2 N–H and O–H groups in total. The Balaban J connectivity index is 1.89.